The van der Waals surface area contributed by atoms with Gasteiger partial charge in [-0.25, -0.2) is 17.5 Å². The lowest BCUT2D eigenvalue weighted by molar-refractivity contribution is -0.134. The molecule has 6 rings (SSSR count). The van der Waals surface area contributed by atoms with E-state index in [9.17, 15) is 31.1 Å². The fourth-order valence-corrected chi connectivity index (χ4v) is 9.56. The largest absolute Gasteiger partial charge is 0.511 e. The minimum atomic E-state index is -4.32. The third-order valence-corrected chi connectivity index (χ3v) is 11.3. The number of amides is 1. The fraction of sp³-hybridized carbons (Fsp3) is 0.440. The maximum atomic E-state index is 14.0. The second-order valence-corrected chi connectivity index (χ2v) is 14.9. The van der Waals surface area contributed by atoms with Gasteiger partial charge in [-0.15, -0.1) is 15.7 Å². The third kappa shape index (κ3) is 4.46. The van der Waals surface area contributed by atoms with Gasteiger partial charge in [0.1, 0.15) is 27.0 Å². The summed E-state index contributed by atoms with van der Waals surface area (Å²) in [5.41, 5.74) is 1.24. The van der Waals surface area contributed by atoms with Gasteiger partial charge in [0.15, 0.2) is 5.84 Å². The molecule has 0 saturated heterocycles. The highest BCUT2D eigenvalue weighted by Crippen LogP contribution is 2.55. The molecule has 1 amide bonds. The van der Waals surface area contributed by atoms with Crippen molar-refractivity contribution in [3.05, 3.63) is 57.4 Å². The molecule has 2 fully saturated rings. The molecule has 4 atom stereocenters. The molecule has 0 spiro atoms. The van der Waals surface area contributed by atoms with Crippen LogP contribution in [0.4, 0.5) is 9.39 Å². The van der Waals surface area contributed by atoms with Gasteiger partial charge in [-0.3, -0.25) is 4.79 Å². The first-order valence-corrected chi connectivity index (χ1v) is 16.7. The number of rotatable bonds is 6. The van der Waals surface area contributed by atoms with E-state index < -0.39 is 26.0 Å². The number of amidine groups is 1. The van der Waals surface area contributed by atoms with E-state index in [1.807, 2.05) is 0 Å². The van der Waals surface area contributed by atoms with Gasteiger partial charge in [-0.05, 0) is 60.6 Å². The first-order valence-electron chi connectivity index (χ1n) is 12.5. The standard InChI is InChI=1S/C25H27FN4O6S3/c1-12-7-13(3-6-17(12)26)10-30-20-15-5-4-14(8-15)18(20)21(31)19(25(30)32)23-28-24-22(39(35,36)29-23)16(11-37-24)9-27-38(2,33)34/h3,6-7,11,14-15,18,20,27,31H,4-5,8-10H2,1-2H3,(H,28,29). The number of hydrogen-bond acceptors (Lipinski definition) is 8. The van der Waals surface area contributed by atoms with Gasteiger partial charge in [0, 0.05) is 30.6 Å². The second kappa shape index (κ2) is 9.11. The highest BCUT2D eigenvalue weighted by molar-refractivity contribution is 7.91. The molecule has 2 bridgehead atoms. The van der Waals surface area contributed by atoms with Crippen molar-refractivity contribution in [3.63, 3.8) is 0 Å². The maximum absolute atomic E-state index is 14.0. The Hall–Kier alpha value is -2.81. The summed E-state index contributed by atoms with van der Waals surface area (Å²) in [4.78, 5) is 15.5. The van der Waals surface area contributed by atoms with E-state index >= 15 is 0 Å². The number of hydrogen-bond donors (Lipinski definition) is 3. The van der Waals surface area contributed by atoms with Crippen LogP contribution in [0.15, 0.2) is 44.2 Å². The van der Waals surface area contributed by atoms with Gasteiger partial charge in [0.05, 0.1) is 6.26 Å². The number of sulfonamides is 2. The topological polar surface area (TPSA) is 145 Å². The van der Waals surface area contributed by atoms with E-state index in [1.54, 1.807) is 24.0 Å². The van der Waals surface area contributed by atoms with Crippen LogP contribution in [0.3, 0.4) is 0 Å². The van der Waals surface area contributed by atoms with Crippen molar-refractivity contribution in [1.29, 1.82) is 0 Å². The number of aliphatic hydroxyl groups excluding tert-OH is 1. The molecule has 14 heteroatoms. The Balaban J connectivity index is 1.39. The lowest BCUT2D eigenvalue weighted by Crippen LogP contribution is -2.53. The SMILES string of the molecule is Cc1cc(CN2C(=O)C(C3=NS(=O)(=O)c4c(CNS(C)(=O)=O)csc4N3)=C(O)C3C4CCC(C4)C32)ccc1F. The summed E-state index contributed by atoms with van der Waals surface area (Å²) in [6, 6.07) is 4.44. The number of carbonyl (C=O) groups is 1. The molecule has 4 unspecified atom stereocenters. The van der Waals surface area contributed by atoms with Crippen LogP contribution in [0.25, 0.3) is 0 Å². The third-order valence-electron chi connectivity index (χ3n) is 8.13. The molecule has 1 aromatic carbocycles. The summed E-state index contributed by atoms with van der Waals surface area (Å²) in [6.45, 7) is 1.60. The number of benzene rings is 1. The zero-order valence-corrected chi connectivity index (χ0v) is 23.6. The van der Waals surface area contributed by atoms with Crippen LogP contribution in [-0.2, 0) is 37.9 Å². The fourth-order valence-electron chi connectivity index (χ4n) is 6.54. The summed E-state index contributed by atoms with van der Waals surface area (Å²) in [5, 5.41) is 16.1. The van der Waals surface area contributed by atoms with Crippen molar-refractivity contribution < 1.29 is 31.1 Å². The van der Waals surface area contributed by atoms with Crippen LogP contribution in [0, 0.1) is 30.5 Å². The smallest absolute Gasteiger partial charge is 0.287 e. The molecule has 3 N–H and O–H groups in total. The molecule has 1 aromatic heterocycles. The Morgan fingerprint density at radius 3 is 2.74 bits per heavy atom. The zero-order chi connectivity index (χ0) is 27.9. The number of halogens is 1. The minimum Gasteiger partial charge on any atom is -0.511 e. The van der Waals surface area contributed by atoms with Gasteiger partial charge in [0.25, 0.3) is 15.9 Å². The Kier molecular flexibility index (Phi) is 6.17. The van der Waals surface area contributed by atoms with Crippen LogP contribution in [-0.4, -0.2) is 50.9 Å². The molecular formula is C25H27FN4O6S3. The predicted octanol–water partition coefficient (Wildman–Crippen LogP) is 3.03. The van der Waals surface area contributed by atoms with E-state index in [-0.39, 0.29) is 75.3 Å². The zero-order valence-electron chi connectivity index (χ0n) is 21.1. The lowest BCUT2D eigenvalue weighted by atomic mass is 9.77. The van der Waals surface area contributed by atoms with Crippen LogP contribution in [0.1, 0.15) is 36.0 Å². The molecular weight excluding hydrogens is 567 g/mol. The maximum Gasteiger partial charge on any atom is 0.287 e. The van der Waals surface area contributed by atoms with Gasteiger partial charge in [0.2, 0.25) is 10.0 Å². The van der Waals surface area contributed by atoms with E-state index in [1.165, 1.54) is 11.4 Å². The number of nitrogens with one attached hydrogen (secondary N) is 2. The van der Waals surface area contributed by atoms with E-state index in [0.717, 1.165) is 42.4 Å². The lowest BCUT2D eigenvalue weighted by Gasteiger charge is -2.44. The van der Waals surface area contributed by atoms with Crippen LogP contribution >= 0.6 is 11.3 Å². The van der Waals surface area contributed by atoms with Gasteiger partial charge < -0.3 is 15.3 Å². The molecule has 2 saturated carbocycles. The summed E-state index contributed by atoms with van der Waals surface area (Å²) < 4.78 is 69.7. The van der Waals surface area contributed by atoms with Crippen molar-refractivity contribution in [2.45, 2.75) is 50.2 Å². The molecule has 4 aliphatic rings. The number of anilines is 1. The molecule has 0 radical (unpaired) electrons. The van der Waals surface area contributed by atoms with Crippen molar-refractivity contribution in [2.24, 2.45) is 22.2 Å². The van der Waals surface area contributed by atoms with Crippen molar-refractivity contribution in [2.75, 3.05) is 11.6 Å². The number of carbonyl (C=O) groups excluding carboxylic acids is 1. The quantitative estimate of drug-likeness (QED) is 0.466. The number of fused-ring (bicyclic) bond motifs is 6. The van der Waals surface area contributed by atoms with Crippen LogP contribution in [0.5, 0.6) is 0 Å². The van der Waals surface area contributed by atoms with Gasteiger partial charge >= 0.3 is 0 Å². The summed E-state index contributed by atoms with van der Waals surface area (Å²) in [7, 11) is -7.88. The normalized spacial score (nSPS) is 27.3. The van der Waals surface area contributed by atoms with Crippen LogP contribution < -0.4 is 10.0 Å². The van der Waals surface area contributed by atoms with Crippen molar-refractivity contribution in [3.8, 4) is 0 Å². The van der Waals surface area contributed by atoms with Gasteiger partial charge in [-0.2, -0.15) is 8.42 Å². The Labute approximate surface area is 229 Å². The minimum absolute atomic E-state index is 0.149. The average Bonchev–Trinajstić information content (AvgIpc) is 3.57. The monoisotopic (exact) mass is 594 g/mol. The molecule has 2 aliphatic carbocycles. The number of thiophene rings is 1. The number of aryl methyl sites for hydroxylation is 1. The number of nitrogens with zero attached hydrogens (tertiary/aromatic N) is 2. The first-order chi connectivity index (χ1) is 18.3. The van der Waals surface area contributed by atoms with Crippen LogP contribution in [0.2, 0.25) is 0 Å². The molecule has 2 aliphatic heterocycles. The molecule has 39 heavy (non-hydrogen) atoms. The molecule has 10 nitrogen and oxygen atoms in total. The summed E-state index contributed by atoms with van der Waals surface area (Å²) in [6.07, 6.45) is 3.69. The molecule has 208 valence electrons. The average molecular weight is 595 g/mol. The van der Waals surface area contributed by atoms with Crippen molar-refractivity contribution >= 4 is 48.1 Å². The summed E-state index contributed by atoms with van der Waals surface area (Å²) in [5.74, 6) is -1.25. The second-order valence-electron chi connectivity index (χ2n) is 10.7. The summed E-state index contributed by atoms with van der Waals surface area (Å²) >= 11 is 1.04. The van der Waals surface area contributed by atoms with Crippen molar-refractivity contribution in [1.82, 2.24) is 9.62 Å². The Morgan fingerprint density at radius 2 is 2.03 bits per heavy atom. The van der Waals surface area contributed by atoms with E-state index in [4.69, 9.17) is 0 Å². The molecule has 3 heterocycles. The number of aliphatic hydroxyl groups is 1. The van der Waals surface area contributed by atoms with E-state index in [2.05, 4.69) is 14.4 Å². The van der Waals surface area contributed by atoms with E-state index in [0.29, 0.717) is 5.56 Å². The highest BCUT2D eigenvalue weighted by Gasteiger charge is 2.57. The first kappa shape index (κ1) is 26.4. The Bertz CT molecular complexity index is 1680. The highest BCUT2D eigenvalue weighted by atomic mass is 32.2. The predicted molar refractivity (Wildman–Crippen MR) is 144 cm³/mol. The van der Waals surface area contributed by atoms with Gasteiger partial charge in [-0.1, -0.05) is 12.1 Å². The molecule has 2 aromatic rings. The Morgan fingerprint density at radius 1 is 1.28 bits per heavy atom.